The first kappa shape index (κ1) is 18.5. The van der Waals surface area contributed by atoms with Gasteiger partial charge >= 0.3 is 0 Å². The Morgan fingerprint density at radius 2 is 1.72 bits per heavy atom. The molecule has 0 saturated heterocycles. The number of hydrogen-bond donors (Lipinski definition) is 1. The van der Waals surface area contributed by atoms with Crippen LogP contribution in [0.5, 0.6) is 5.75 Å². The molecule has 25 heavy (non-hydrogen) atoms. The molecular weight excluding hydrogens is 316 g/mol. The number of anilines is 1. The Morgan fingerprint density at radius 3 is 2.40 bits per heavy atom. The standard InChI is InChI=1S/C20H24N2O3/c1-4-22(5-2)20(24)15-10-9-11-16(14-15)21-19(23)17-12-7-8-13-18(17)25-6-3/h7-14H,4-6H2,1-3H3,(H,21,23). The van der Waals surface area contributed by atoms with E-state index in [0.29, 0.717) is 42.3 Å². The molecule has 0 atom stereocenters. The second-order valence-electron chi connectivity index (χ2n) is 5.44. The van der Waals surface area contributed by atoms with Gasteiger partial charge in [-0.15, -0.1) is 0 Å². The van der Waals surface area contributed by atoms with Crippen molar-refractivity contribution >= 4 is 17.5 Å². The van der Waals surface area contributed by atoms with Gasteiger partial charge in [-0.25, -0.2) is 0 Å². The Morgan fingerprint density at radius 1 is 1.00 bits per heavy atom. The molecule has 0 heterocycles. The second-order valence-corrected chi connectivity index (χ2v) is 5.44. The third-order valence-corrected chi connectivity index (χ3v) is 3.85. The molecule has 5 heteroatoms. The second kappa shape index (κ2) is 8.87. The van der Waals surface area contributed by atoms with Gasteiger partial charge in [-0.3, -0.25) is 9.59 Å². The Bertz CT molecular complexity index is 739. The Labute approximate surface area is 148 Å². The molecule has 0 fully saturated rings. The molecule has 0 unspecified atom stereocenters. The molecule has 2 amide bonds. The van der Waals surface area contributed by atoms with Gasteiger partial charge < -0.3 is 15.0 Å². The summed E-state index contributed by atoms with van der Waals surface area (Å²) in [7, 11) is 0. The minimum Gasteiger partial charge on any atom is -0.493 e. The van der Waals surface area contributed by atoms with Crippen LogP contribution in [0.1, 0.15) is 41.5 Å². The molecule has 0 aliphatic heterocycles. The lowest BCUT2D eigenvalue weighted by atomic mass is 10.1. The van der Waals surface area contributed by atoms with E-state index in [1.807, 2.05) is 26.8 Å². The maximum absolute atomic E-state index is 12.6. The minimum atomic E-state index is -0.267. The first-order valence-corrected chi connectivity index (χ1v) is 8.53. The van der Waals surface area contributed by atoms with Crippen molar-refractivity contribution in [3.05, 3.63) is 59.7 Å². The quantitative estimate of drug-likeness (QED) is 0.833. The van der Waals surface area contributed by atoms with Crippen LogP contribution in [-0.4, -0.2) is 36.4 Å². The summed E-state index contributed by atoms with van der Waals surface area (Å²) in [6.07, 6.45) is 0. The summed E-state index contributed by atoms with van der Waals surface area (Å²) in [6, 6.07) is 14.1. The van der Waals surface area contributed by atoms with E-state index in [1.165, 1.54) is 0 Å². The van der Waals surface area contributed by atoms with Crippen molar-refractivity contribution in [1.82, 2.24) is 4.90 Å². The topological polar surface area (TPSA) is 58.6 Å². The van der Waals surface area contributed by atoms with E-state index in [4.69, 9.17) is 4.74 Å². The maximum Gasteiger partial charge on any atom is 0.259 e. The number of carbonyl (C=O) groups is 2. The molecule has 0 aliphatic carbocycles. The van der Waals surface area contributed by atoms with Crippen LogP contribution in [0.4, 0.5) is 5.69 Å². The van der Waals surface area contributed by atoms with E-state index < -0.39 is 0 Å². The monoisotopic (exact) mass is 340 g/mol. The molecule has 2 rings (SSSR count). The number of carbonyl (C=O) groups excluding carboxylic acids is 2. The summed E-state index contributed by atoms with van der Waals surface area (Å²) < 4.78 is 5.50. The SMILES string of the molecule is CCOc1ccccc1C(=O)Nc1cccc(C(=O)N(CC)CC)c1. The summed E-state index contributed by atoms with van der Waals surface area (Å²) in [4.78, 5) is 26.7. The average Bonchev–Trinajstić information content (AvgIpc) is 2.63. The van der Waals surface area contributed by atoms with Crippen LogP contribution in [0, 0.1) is 0 Å². The molecular formula is C20H24N2O3. The van der Waals surface area contributed by atoms with E-state index >= 15 is 0 Å². The molecule has 0 radical (unpaired) electrons. The first-order valence-electron chi connectivity index (χ1n) is 8.53. The minimum absolute atomic E-state index is 0.0455. The van der Waals surface area contributed by atoms with Crippen LogP contribution in [0.2, 0.25) is 0 Å². The Hall–Kier alpha value is -2.82. The zero-order valence-corrected chi connectivity index (χ0v) is 14.9. The van der Waals surface area contributed by atoms with Crippen molar-refractivity contribution < 1.29 is 14.3 Å². The van der Waals surface area contributed by atoms with Crippen molar-refractivity contribution in [3.8, 4) is 5.75 Å². The van der Waals surface area contributed by atoms with E-state index in [-0.39, 0.29) is 11.8 Å². The van der Waals surface area contributed by atoms with Gasteiger partial charge in [-0.1, -0.05) is 18.2 Å². The molecule has 0 aromatic heterocycles. The fourth-order valence-electron chi connectivity index (χ4n) is 2.56. The number of benzene rings is 2. The van der Waals surface area contributed by atoms with Crippen LogP contribution >= 0.6 is 0 Å². The smallest absolute Gasteiger partial charge is 0.259 e. The lowest BCUT2D eigenvalue weighted by Crippen LogP contribution is -2.30. The normalized spacial score (nSPS) is 10.2. The lowest BCUT2D eigenvalue weighted by Gasteiger charge is -2.19. The van der Waals surface area contributed by atoms with Crippen LogP contribution in [-0.2, 0) is 0 Å². The van der Waals surface area contributed by atoms with E-state index in [0.717, 1.165) is 0 Å². The highest BCUT2D eigenvalue weighted by Crippen LogP contribution is 2.20. The lowest BCUT2D eigenvalue weighted by molar-refractivity contribution is 0.0772. The van der Waals surface area contributed by atoms with Crippen molar-refractivity contribution in [2.75, 3.05) is 25.0 Å². The Balaban J connectivity index is 2.20. The molecule has 0 bridgehead atoms. The van der Waals surface area contributed by atoms with Crippen molar-refractivity contribution in [1.29, 1.82) is 0 Å². The number of rotatable bonds is 7. The largest absolute Gasteiger partial charge is 0.493 e. The van der Waals surface area contributed by atoms with Gasteiger partial charge in [-0.05, 0) is 51.1 Å². The highest BCUT2D eigenvalue weighted by molar-refractivity contribution is 6.06. The van der Waals surface area contributed by atoms with Crippen LogP contribution < -0.4 is 10.1 Å². The maximum atomic E-state index is 12.6. The van der Waals surface area contributed by atoms with Gasteiger partial charge in [0, 0.05) is 24.3 Å². The number of hydrogen-bond acceptors (Lipinski definition) is 3. The van der Waals surface area contributed by atoms with Gasteiger partial charge in [0.1, 0.15) is 5.75 Å². The van der Waals surface area contributed by atoms with Gasteiger partial charge in [0.05, 0.1) is 12.2 Å². The number of ether oxygens (including phenoxy) is 1. The molecule has 5 nitrogen and oxygen atoms in total. The first-order chi connectivity index (χ1) is 12.1. The number of nitrogens with zero attached hydrogens (tertiary/aromatic N) is 1. The summed E-state index contributed by atoms with van der Waals surface area (Å²) in [5, 5.41) is 2.84. The fourth-order valence-corrected chi connectivity index (χ4v) is 2.56. The third kappa shape index (κ3) is 4.59. The van der Waals surface area contributed by atoms with Gasteiger partial charge in [0.15, 0.2) is 0 Å². The summed E-state index contributed by atoms with van der Waals surface area (Å²) in [5.74, 6) is 0.227. The zero-order chi connectivity index (χ0) is 18.2. The Kier molecular flexibility index (Phi) is 6.57. The van der Waals surface area contributed by atoms with Crippen LogP contribution in [0.15, 0.2) is 48.5 Å². The van der Waals surface area contributed by atoms with Crippen molar-refractivity contribution in [3.63, 3.8) is 0 Å². The number of amides is 2. The van der Waals surface area contributed by atoms with Crippen LogP contribution in [0.25, 0.3) is 0 Å². The number of para-hydroxylation sites is 1. The molecule has 0 aliphatic rings. The molecule has 2 aromatic rings. The van der Waals surface area contributed by atoms with Gasteiger partial charge in [-0.2, -0.15) is 0 Å². The average molecular weight is 340 g/mol. The molecule has 0 saturated carbocycles. The fraction of sp³-hybridized carbons (Fsp3) is 0.300. The van der Waals surface area contributed by atoms with E-state index in [2.05, 4.69) is 5.32 Å². The van der Waals surface area contributed by atoms with Crippen molar-refractivity contribution in [2.45, 2.75) is 20.8 Å². The summed E-state index contributed by atoms with van der Waals surface area (Å²) >= 11 is 0. The number of nitrogens with one attached hydrogen (secondary N) is 1. The summed E-state index contributed by atoms with van der Waals surface area (Å²) in [5.41, 5.74) is 1.60. The van der Waals surface area contributed by atoms with Gasteiger partial charge in [0.25, 0.3) is 11.8 Å². The third-order valence-electron chi connectivity index (χ3n) is 3.85. The molecule has 1 N–H and O–H groups in total. The van der Waals surface area contributed by atoms with Gasteiger partial charge in [0.2, 0.25) is 0 Å². The predicted octanol–water partition coefficient (Wildman–Crippen LogP) is 3.82. The predicted molar refractivity (Wildman–Crippen MR) is 99.3 cm³/mol. The van der Waals surface area contributed by atoms with Crippen LogP contribution in [0.3, 0.4) is 0 Å². The molecule has 0 spiro atoms. The zero-order valence-electron chi connectivity index (χ0n) is 14.9. The van der Waals surface area contributed by atoms with Crippen molar-refractivity contribution in [2.24, 2.45) is 0 Å². The highest BCUT2D eigenvalue weighted by Gasteiger charge is 2.15. The summed E-state index contributed by atoms with van der Waals surface area (Å²) in [6.45, 7) is 7.53. The van der Waals surface area contributed by atoms with E-state index in [1.54, 1.807) is 47.4 Å². The molecule has 132 valence electrons. The molecule has 2 aromatic carbocycles. The highest BCUT2D eigenvalue weighted by atomic mass is 16.5. The van der Waals surface area contributed by atoms with E-state index in [9.17, 15) is 9.59 Å².